The van der Waals surface area contributed by atoms with Gasteiger partial charge in [0.1, 0.15) is 5.82 Å². The third-order valence-corrected chi connectivity index (χ3v) is 6.16. The number of halogens is 1. The van der Waals surface area contributed by atoms with Gasteiger partial charge in [-0.15, -0.1) is 0 Å². The second-order valence-corrected chi connectivity index (χ2v) is 8.06. The third-order valence-electron chi connectivity index (χ3n) is 6.16. The second kappa shape index (κ2) is 7.94. The van der Waals surface area contributed by atoms with E-state index in [2.05, 4.69) is 28.2 Å². The van der Waals surface area contributed by atoms with E-state index in [1.54, 1.807) is 6.20 Å². The molecule has 1 N–H and O–H groups in total. The van der Waals surface area contributed by atoms with Crippen molar-refractivity contribution in [2.75, 3.05) is 26.7 Å². The highest BCUT2D eigenvalue weighted by atomic mass is 19.1. The van der Waals surface area contributed by atoms with Crippen molar-refractivity contribution in [3.63, 3.8) is 0 Å². The highest BCUT2D eigenvalue weighted by Crippen LogP contribution is 2.37. The Morgan fingerprint density at radius 1 is 1.28 bits per heavy atom. The summed E-state index contributed by atoms with van der Waals surface area (Å²) in [7, 11) is 2.13. The summed E-state index contributed by atoms with van der Waals surface area (Å²) in [5, 5.41) is 17.4. The highest BCUT2D eigenvalue weighted by Gasteiger charge is 2.36. The van der Waals surface area contributed by atoms with Crippen LogP contribution in [0, 0.1) is 17.1 Å². The van der Waals surface area contributed by atoms with E-state index < -0.39 is 0 Å². The van der Waals surface area contributed by atoms with Crippen molar-refractivity contribution in [2.24, 2.45) is 0 Å². The van der Waals surface area contributed by atoms with Gasteiger partial charge in [0.05, 0.1) is 36.1 Å². The average Bonchev–Trinajstić information content (AvgIpc) is 3.22. The van der Waals surface area contributed by atoms with Crippen LogP contribution >= 0.6 is 0 Å². The molecule has 0 amide bonds. The summed E-state index contributed by atoms with van der Waals surface area (Å²) in [6.07, 6.45) is 3.44. The molecule has 2 heterocycles. The average molecular weight is 392 g/mol. The number of hydrogen-bond donors (Lipinski definition) is 1. The molecule has 1 aromatic heterocycles. The van der Waals surface area contributed by atoms with E-state index in [4.69, 9.17) is 4.74 Å². The zero-order chi connectivity index (χ0) is 20.4. The van der Waals surface area contributed by atoms with Crippen LogP contribution in [0.15, 0.2) is 42.6 Å². The summed E-state index contributed by atoms with van der Waals surface area (Å²) in [4.78, 5) is 2.32. The van der Waals surface area contributed by atoms with Crippen molar-refractivity contribution >= 4 is 10.9 Å². The van der Waals surface area contributed by atoms with Crippen LogP contribution in [-0.2, 0) is 10.2 Å². The smallest absolute Gasteiger partial charge is 0.123 e. The number of benzene rings is 2. The number of aromatic amines is 1. The number of nitriles is 1. The standard InChI is InChI=1S/C23H25FN4O/c1-16(21-12-17(13-25)11-18-14-26-27-22(18)21)29-15-23(7-9-28(2)10-8-23)19-3-5-20(24)6-4-19/h3-6,11-12,14,16H,7-10,15H2,1-2H3,(H,26,27). The zero-order valence-electron chi connectivity index (χ0n) is 16.8. The maximum Gasteiger partial charge on any atom is 0.123 e. The molecular formula is C23H25FN4O. The first kappa shape index (κ1) is 19.6. The fraction of sp³-hybridized carbons (Fsp3) is 0.391. The Hall–Kier alpha value is -2.75. The molecule has 5 nitrogen and oxygen atoms in total. The Balaban J connectivity index is 1.60. The summed E-state index contributed by atoms with van der Waals surface area (Å²) in [5.41, 5.74) is 3.40. The molecule has 4 rings (SSSR count). The predicted molar refractivity (Wildman–Crippen MR) is 110 cm³/mol. The van der Waals surface area contributed by atoms with Gasteiger partial charge in [0.25, 0.3) is 0 Å². The predicted octanol–water partition coefficient (Wildman–Crippen LogP) is 4.31. The number of fused-ring (bicyclic) bond motifs is 1. The van der Waals surface area contributed by atoms with Crippen molar-refractivity contribution in [1.29, 1.82) is 5.26 Å². The van der Waals surface area contributed by atoms with Gasteiger partial charge in [-0.25, -0.2) is 4.39 Å². The van der Waals surface area contributed by atoms with Crippen molar-refractivity contribution in [3.05, 3.63) is 65.1 Å². The monoisotopic (exact) mass is 392 g/mol. The van der Waals surface area contributed by atoms with Crippen LogP contribution in [-0.4, -0.2) is 41.8 Å². The molecule has 6 heteroatoms. The summed E-state index contributed by atoms with van der Waals surface area (Å²) in [6.45, 7) is 4.50. The van der Waals surface area contributed by atoms with Gasteiger partial charge in [-0.2, -0.15) is 10.4 Å². The Kier molecular flexibility index (Phi) is 5.35. The van der Waals surface area contributed by atoms with Crippen LogP contribution in [0.5, 0.6) is 0 Å². The van der Waals surface area contributed by atoms with Crippen LogP contribution in [0.1, 0.15) is 42.6 Å². The molecule has 1 fully saturated rings. The fourth-order valence-electron chi connectivity index (χ4n) is 4.21. The molecule has 1 aliphatic rings. The number of nitrogens with one attached hydrogen (secondary N) is 1. The third kappa shape index (κ3) is 3.89. The lowest BCUT2D eigenvalue weighted by atomic mass is 9.73. The summed E-state index contributed by atoms with van der Waals surface area (Å²) in [5.74, 6) is -0.221. The lowest BCUT2D eigenvalue weighted by Crippen LogP contribution is -2.44. The number of piperidine rings is 1. The van der Waals surface area contributed by atoms with Gasteiger partial charge in [-0.3, -0.25) is 5.10 Å². The maximum absolute atomic E-state index is 13.5. The van der Waals surface area contributed by atoms with Crippen LogP contribution in [0.2, 0.25) is 0 Å². The van der Waals surface area contributed by atoms with Crippen molar-refractivity contribution in [1.82, 2.24) is 15.1 Å². The molecule has 150 valence electrons. The first-order chi connectivity index (χ1) is 14.0. The van der Waals surface area contributed by atoms with Gasteiger partial charge >= 0.3 is 0 Å². The molecule has 1 aliphatic heterocycles. The van der Waals surface area contributed by atoms with E-state index in [0.29, 0.717) is 12.2 Å². The number of aromatic nitrogens is 2. The molecule has 1 unspecified atom stereocenters. The molecule has 0 bridgehead atoms. The number of likely N-dealkylation sites (tertiary alicyclic amines) is 1. The lowest BCUT2D eigenvalue weighted by Gasteiger charge is -2.41. The normalized spacial score (nSPS) is 17.9. The van der Waals surface area contributed by atoms with Crippen LogP contribution in [0.25, 0.3) is 10.9 Å². The van der Waals surface area contributed by atoms with Crippen molar-refractivity contribution in [2.45, 2.75) is 31.3 Å². The molecule has 0 spiro atoms. The lowest BCUT2D eigenvalue weighted by molar-refractivity contribution is 0.00695. The quantitative estimate of drug-likeness (QED) is 0.703. The topological polar surface area (TPSA) is 64.9 Å². The molecule has 0 radical (unpaired) electrons. The first-order valence-electron chi connectivity index (χ1n) is 9.94. The van der Waals surface area contributed by atoms with Crippen LogP contribution < -0.4 is 0 Å². The largest absolute Gasteiger partial charge is 0.373 e. The van der Waals surface area contributed by atoms with Crippen molar-refractivity contribution in [3.8, 4) is 6.07 Å². The molecule has 29 heavy (non-hydrogen) atoms. The summed E-state index contributed by atoms with van der Waals surface area (Å²) >= 11 is 0. The van der Waals surface area contributed by atoms with Gasteiger partial charge < -0.3 is 9.64 Å². The number of H-pyrrole nitrogens is 1. The van der Waals surface area contributed by atoms with Gasteiger partial charge in [-0.05, 0) is 69.7 Å². The number of hydrogen-bond acceptors (Lipinski definition) is 4. The molecule has 0 saturated carbocycles. The van der Waals surface area contributed by atoms with Gasteiger partial charge in [-0.1, -0.05) is 12.1 Å². The Morgan fingerprint density at radius 2 is 2.00 bits per heavy atom. The van der Waals surface area contributed by atoms with Gasteiger partial charge in [0.2, 0.25) is 0 Å². The van der Waals surface area contributed by atoms with Crippen molar-refractivity contribution < 1.29 is 9.13 Å². The van der Waals surface area contributed by atoms with E-state index in [9.17, 15) is 9.65 Å². The Labute approximate surface area is 170 Å². The van der Waals surface area contributed by atoms with Crippen LogP contribution in [0.3, 0.4) is 0 Å². The first-order valence-corrected chi connectivity index (χ1v) is 9.94. The number of ether oxygens (including phenoxy) is 1. The molecule has 0 aliphatic carbocycles. The van der Waals surface area contributed by atoms with Gasteiger partial charge in [0, 0.05) is 16.4 Å². The van der Waals surface area contributed by atoms with E-state index in [1.807, 2.05) is 31.2 Å². The van der Waals surface area contributed by atoms with E-state index in [-0.39, 0.29) is 17.3 Å². The second-order valence-electron chi connectivity index (χ2n) is 8.06. The molecule has 3 aromatic rings. The minimum absolute atomic E-state index is 0.144. The Morgan fingerprint density at radius 3 is 2.69 bits per heavy atom. The van der Waals surface area contributed by atoms with E-state index >= 15 is 0 Å². The maximum atomic E-state index is 13.5. The Bertz CT molecular complexity index is 1030. The molecule has 2 aromatic carbocycles. The van der Waals surface area contributed by atoms with E-state index in [1.165, 1.54) is 12.1 Å². The summed E-state index contributed by atoms with van der Waals surface area (Å²) in [6, 6.07) is 12.7. The summed E-state index contributed by atoms with van der Waals surface area (Å²) < 4.78 is 19.9. The van der Waals surface area contributed by atoms with E-state index in [0.717, 1.165) is 48.0 Å². The molecule has 1 saturated heterocycles. The number of nitrogens with zero attached hydrogens (tertiary/aromatic N) is 3. The minimum Gasteiger partial charge on any atom is -0.373 e. The van der Waals surface area contributed by atoms with Gasteiger partial charge in [0.15, 0.2) is 0 Å². The highest BCUT2D eigenvalue weighted by molar-refractivity contribution is 5.83. The fourth-order valence-corrected chi connectivity index (χ4v) is 4.21. The number of rotatable bonds is 5. The molecule has 1 atom stereocenters. The zero-order valence-corrected chi connectivity index (χ0v) is 16.8. The SMILES string of the molecule is CC(OCC1(c2ccc(F)cc2)CCN(C)CC1)c1cc(C#N)cc2cn[nH]c12. The molecular weight excluding hydrogens is 367 g/mol. The minimum atomic E-state index is -0.221. The van der Waals surface area contributed by atoms with Crippen LogP contribution in [0.4, 0.5) is 4.39 Å².